The van der Waals surface area contributed by atoms with Crippen molar-refractivity contribution in [1.82, 2.24) is 0 Å². The second-order valence-electron chi connectivity index (χ2n) is 11.4. The van der Waals surface area contributed by atoms with Crippen molar-refractivity contribution >= 4 is 23.1 Å². The fraction of sp³-hybridized carbons (Fsp3) is 0.767. The van der Waals surface area contributed by atoms with E-state index in [2.05, 4.69) is 41.3 Å². The molecule has 0 N–H and O–H groups in total. The van der Waals surface area contributed by atoms with Gasteiger partial charge < -0.3 is 0 Å². The van der Waals surface area contributed by atoms with Gasteiger partial charge in [0.2, 0.25) is 0 Å². The molecule has 0 bridgehead atoms. The monoisotopic (exact) mass is 451 g/mol. The van der Waals surface area contributed by atoms with Crippen LogP contribution in [0.25, 0.3) is 0 Å². The Bertz CT molecular complexity index is 710. The Labute approximate surface area is 202 Å². The number of nitrogens with zero attached hydrogens (tertiary/aromatic N) is 1. The Kier molecular flexibility index (Phi) is 9.42. The minimum Gasteiger partial charge on any atom is -0.195 e. The lowest BCUT2D eigenvalue weighted by molar-refractivity contribution is 0.108. The first-order valence-corrected chi connectivity index (χ1v) is 14.4. The van der Waals surface area contributed by atoms with Crippen molar-refractivity contribution in [3.8, 4) is 0 Å². The Morgan fingerprint density at radius 2 is 1.22 bits per heavy atom. The highest BCUT2D eigenvalue weighted by atomic mass is 32.1. The highest BCUT2D eigenvalue weighted by molar-refractivity contribution is 7.78. The molecule has 0 atom stereocenters. The van der Waals surface area contributed by atoms with Crippen LogP contribution in [0.4, 0.5) is 5.69 Å². The summed E-state index contributed by atoms with van der Waals surface area (Å²) in [4.78, 5) is 4.09. The molecular weight excluding hydrogens is 406 g/mol. The summed E-state index contributed by atoms with van der Waals surface area (Å²) in [5, 5.41) is 2.47. The molecule has 1 nitrogen and oxygen atoms in total. The average Bonchev–Trinajstić information content (AvgIpc) is 2.86. The molecule has 0 aliphatic heterocycles. The predicted octanol–water partition coefficient (Wildman–Crippen LogP) is 9.89. The largest absolute Gasteiger partial charge is 0.195 e. The Hall–Kier alpha value is -0.980. The van der Waals surface area contributed by atoms with Crippen LogP contribution in [0.2, 0.25) is 0 Å². The van der Waals surface area contributed by atoms with E-state index in [1.807, 2.05) is 0 Å². The highest BCUT2D eigenvalue weighted by Gasteiger charge is 2.34. The summed E-state index contributed by atoms with van der Waals surface area (Å²) in [5.41, 5.74) is 2.43. The molecule has 1 aromatic rings. The molecule has 3 aliphatic rings. The maximum Gasteiger partial charge on any atom is 0.0739 e. The lowest BCUT2D eigenvalue weighted by atomic mass is 9.64. The van der Waals surface area contributed by atoms with Crippen molar-refractivity contribution in [3.05, 3.63) is 29.8 Å². The van der Waals surface area contributed by atoms with E-state index in [9.17, 15) is 0 Å². The van der Waals surface area contributed by atoms with E-state index in [1.165, 1.54) is 95.5 Å². The summed E-state index contributed by atoms with van der Waals surface area (Å²) in [6, 6.07) is 8.72. The van der Waals surface area contributed by atoms with Gasteiger partial charge in [-0.2, -0.15) is 4.99 Å². The summed E-state index contributed by atoms with van der Waals surface area (Å²) >= 11 is 4.72. The maximum atomic E-state index is 4.72. The molecule has 4 rings (SSSR count). The van der Waals surface area contributed by atoms with Crippen LogP contribution in [-0.4, -0.2) is 5.16 Å². The first-order chi connectivity index (χ1) is 15.8. The average molecular weight is 452 g/mol. The van der Waals surface area contributed by atoms with Crippen LogP contribution in [0.3, 0.4) is 0 Å². The summed E-state index contributed by atoms with van der Waals surface area (Å²) in [5.74, 6) is 5.97. The molecule has 2 heteroatoms. The van der Waals surface area contributed by atoms with Gasteiger partial charge in [0.15, 0.2) is 0 Å². The first-order valence-electron chi connectivity index (χ1n) is 13.9. The third kappa shape index (κ3) is 6.54. The molecular formula is C30H45NS. The van der Waals surface area contributed by atoms with Gasteiger partial charge in [-0.1, -0.05) is 57.6 Å². The van der Waals surface area contributed by atoms with Crippen molar-refractivity contribution in [1.29, 1.82) is 0 Å². The zero-order valence-electron chi connectivity index (χ0n) is 20.4. The highest BCUT2D eigenvalue weighted by Crippen LogP contribution is 2.47. The van der Waals surface area contributed by atoms with Crippen LogP contribution in [0.15, 0.2) is 29.3 Å². The van der Waals surface area contributed by atoms with Gasteiger partial charge in [0.25, 0.3) is 0 Å². The summed E-state index contributed by atoms with van der Waals surface area (Å²) in [6.07, 6.45) is 23.8. The molecule has 0 radical (unpaired) electrons. The van der Waals surface area contributed by atoms with Gasteiger partial charge >= 0.3 is 0 Å². The van der Waals surface area contributed by atoms with E-state index in [0.717, 1.165) is 41.2 Å². The summed E-state index contributed by atoms with van der Waals surface area (Å²) in [6.45, 7) is 2.33. The smallest absolute Gasteiger partial charge is 0.0739 e. The Balaban J connectivity index is 1.16. The van der Waals surface area contributed by atoms with Gasteiger partial charge in [0, 0.05) is 0 Å². The van der Waals surface area contributed by atoms with Crippen LogP contribution in [0.5, 0.6) is 0 Å². The Morgan fingerprint density at radius 1 is 0.719 bits per heavy atom. The fourth-order valence-corrected chi connectivity index (χ4v) is 7.62. The van der Waals surface area contributed by atoms with Crippen molar-refractivity contribution in [2.45, 2.75) is 116 Å². The lowest BCUT2D eigenvalue weighted by Crippen LogP contribution is -2.29. The molecule has 0 spiro atoms. The molecule has 3 saturated carbocycles. The van der Waals surface area contributed by atoms with E-state index in [-0.39, 0.29) is 0 Å². The molecule has 32 heavy (non-hydrogen) atoms. The topological polar surface area (TPSA) is 12.4 Å². The number of benzene rings is 1. The zero-order chi connectivity index (χ0) is 22.2. The second kappa shape index (κ2) is 12.5. The SMILES string of the molecule is CCCCCC1CCC(C2CCC(C3CCC(c4ccc(N=C=S)cc4)CC3)CC2)CC1. The number of aliphatic imine (C=N–C) groups is 1. The maximum absolute atomic E-state index is 4.72. The van der Waals surface area contributed by atoms with E-state index in [0.29, 0.717) is 0 Å². The number of hydrogen-bond donors (Lipinski definition) is 0. The van der Waals surface area contributed by atoms with Gasteiger partial charge in [-0.15, -0.1) is 0 Å². The zero-order valence-corrected chi connectivity index (χ0v) is 21.3. The van der Waals surface area contributed by atoms with E-state index < -0.39 is 0 Å². The van der Waals surface area contributed by atoms with E-state index >= 15 is 0 Å². The second-order valence-corrected chi connectivity index (χ2v) is 11.5. The summed E-state index contributed by atoms with van der Waals surface area (Å²) < 4.78 is 0. The predicted molar refractivity (Wildman–Crippen MR) is 141 cm³/mol. The van der Waals surface area contributed by atoms with Crippen molar-refractivity contribution in [3.63, 3.8) is 0 Å². The molecule has 176 valence electrons. The van der Waals surface area contributed by atoms with Gasteiger partial charge in [0.05, 0.1) is 10.8 Å². The lowest BCUT2D eigenvalue weighted by Gasteiger charge is -2.41. The fourth-order valence-electron chi connectivity index (χ4n) is 7.52. The van der Waals surface area contributed by atoms with Crippen molar-refractivity contribution in [2.75, 3.05) is 0 Å². The Morgan fingerprint density at radius 3 is 1.72 bits per heavy atom. The number of hydrogen-bond acceptors (Lipinski definition) is 2. The third-order valence-corrected chi connectivity index (χ3v) is 9.66. The standard InChI is InChI=1S/C30H45NS/c1-2-3-4-5-23-6-8-24(9-7-23)25-10-12-26(13-11-25)27-14-16-28(17-15-27)29-18-20-30(21-19-29)31-22-32/h18-21,23-28H,2-17H2,1H3. The van der Waals surface area contributed by atoms with Crippen LogP contribution < -0.4 is 0 Å². The molecule has 3 fully saturated rings. The minimum atomic E-state index is 0.751. The van der Waals surface area contributed by atoms with E-state index in [4.69, 9.17) is 12.2 Å². The molecule has 0 aromatic heterocycles. The summed E-state index contributed by atoms with van der Waals surface area (Å²) in [7, 11) is 0. The van der Waals surface area contributed by atoms with Crippen LogP contribution in [0, 0.1) is 29.6 Å². The van der Waals surface area contributed by atoms with Gasteiger partial charge in [-0.05, 0) is 130 Å². The van der Waals surface area contributed by atoms with Gasteiger partial charge in [-0.3, -0.25) is 0 Å². The normalized spacial score (nSPS) is 33.4. The van der Waals surface area contributed by atoms with Crippen LogP contribution >= 0.6 is 12.2 Å². The quantitative estimate of drug-likeness (QED) is 0.217. The molecule has 0 unspecified atom stereocenters. The van der Waals surface area contributed by atoms with Crippen molar-refractivity contribution < 1.29 is 0 Å². The molecule has 3 aliphatic carbocycles. The van der Waals surface area contributed by atoms with Crippen molar-refractivity contribution in [2.24, 2.45) is 34.6 Å². The van der Waals surface area contributed by atoms with E-state index in [1.54, 1.807) is 12.8 Å². The number of unbranched alkanes of at least 4 members (excludes halogenated alkanes) is 2. The van der Waals surface area contributed by atoms with Crippen LogP contribution in [-0.2, 0) is 0 Å². The minimum absolute atomic E-state index is 0.751. The third-order valence-electron chi connectivity index (χ3n) is 9.57. The van der Waals surface area contributed by atoms with Gasteiger partial charge in [-0.25, -0.2) is 0 Å². The molecule has 0 saturated heterocycles. The number of isothiocyanates is 1. The first kappa shape index (κ1) is 24.2. The number of rotatable bonds is 8. The van der Waals surface area contributed by atoms with Gasteiger partial charge in [0.1, 0.15) is 0 Å². The molecule has 0 amide bonds. The number of thiocarbonyl (C=S) groups is 1. The van der Waals surface area contributed by atoms with Crippen LogP contribution in [0.1, 0.15) is 121 Å². The molecule has 1 aromatic carbocycles. The molecule has 0 heterocycles.